The Morgan fingerprint density at radius 1 is 1.40 bits per heavy atom. The number of fused-ring (bicyclic) bond motifs is 1. The second-order valence-corrected chi connectivity index (χ2v) is 6.87. The lowest BCUT2D eigenvalue weighted by Crippen LogP contribution is -2.07. The summed E-state index contributed by atoms with van der Waals surface area (Å²) in [5.74, 6) is -0.195. The van der Waals surface area contributed by atoms with Gasteiger partial charge in [-0.3, -0.25) is 4.68 Å². The van der Waals surface area contributed by atoms with Crippen LogP contribution in [0.5, 0.6) is 0 Å². The highest BCUT2D eigenvalue weighted by Crippen LogP contribution is 2.24. The molecule has 2 heterocycles. The number of ether oxygens (including phenoxy) is 1. The van der Waals surface area contributed by atoms with Crippen molar-refractivity contribution in [3.05, 3.63) is 30.1 Å². The summed E-state index contributed by atoms with van der Waals surface area (Å²) in [6.07, 6.45) is 5.34. The quantitative estimate of drug-likeness (QED) is 0.429. The molecule has 0 saturated heterocycles. The standard InChI is InChI=1S/C13H18N2O4S/c1-2-13(16)19-7-5-3-4-6-15-12-10-20(17,18)9-11(12)8-14-15/h2,8H,1,3-7,9-10H2. The maximum atomic E-state index is 11.5. The Morgan fingerprint density at radius 2 is 2.20 bits per heavy atom. The first-order valence-corrected chi connectivity index (χ1v) is 8.37. The first-order valence-electron chi connectivity index (χ1n) is 6.55. The van der Waals surface area contributed by atoms with Crippen LogP contribution in [0.3, 0.4) is 0 Å². The zero-order chi connectivity index (χ0) is 14.6. The molecule has 0 atom stereocenters. The van der Waals surface area contributed by atoms with Gasteiger partial charge in [0.1, 0.15) is 0 Å². The van der Waals surface area contributed by atoms with Gasteiger partial charge < -0.3 is 4.74 Å². The van der Waals surface area contributed by atoms with E-state index in [1.54, 1.807) is 10.9 Å². The van der Waals surface area contributed by atoms with Crippen LogP contribution in [-0.2, 0) is 37.4 Å². The van der Waals surface area contributed by atoms with Crippen molar-refractivity contribution in [2.24, 2.45) is 0 Å². The fourth-order valence-corrected chi connectivity index (χ4v) is 3.77. The maximum Gasteiger partial charge on any atom is 0.330 e. The Hall–Kier alpha value is -1.63. The number of aryl methyl sites for hydroxylation is 1. The van der Waals surface area contributed by atoms with Crippen molar-refractivity contribution in [3.63, 3.8) is 0 Å². The van der Waals surface area contributed by atoms with Crippen LogP contribution in [0.2, 0.25) is 0 Å². The summed E-state index contributed by atoms with van der Waals surface area (Å²) in [7, 11) is -2.96. The second-order valence-electron chi connectivity index (χ2n) is 4.80. The Labute approximate surface area is 118 Å². The van der Waals surface area contributed by atoms with Gasteiger partial charge in [0.15, 0.2) is 9.84 Å². The van der Waals surface area contributed by atoms with Gasteiger partial charge in [-0.15, -0.1) is 0 Å². The number of carbonyl (C=O) groups is 1. The molecule has 0 fully saturated rings. The van der Waals surface area contributed by atoms with Gasteiger partial charge in [0, 0.05) is 18.2 Å². The summed E-state index contributed by atoms with van der Waals surface area (Å²) in [5, 5.41) is 4.22. The van der Waals surface area contributed by atoms with Crippen LogP contribution in [0.1, 0.15) is 30.5 Å². The molecule has 0 unspecified atom stereocenters. The maximum absolute atomic E-state index is 11.5. The number of hydrogen-bond donors (Lipinski definition) is 0. The zero-order valence-corrected chi connectivity index (χ0v) is 12.1. The van der Waals surface area contributed by atoms with E-state index in [1.165, 1.54) is 0 Å². The smallest absolute Gasteiger partial charge is 0.330 e. The van der Waals surface area contributed by atoms with Gasteiger partial charge in [0.05, 0.1) is 30.0 Å². The molecule has 0 radical (unpaired) electrons. The number of unbranched alkanes of at least 4 members (excludes halogenated alkanes) is 2. The van der Waals surface area contributed by atoms with Crippen molar-refractivity contribution in [3.8, 4) is 0 Å². The minimum atomic E-state index is -2.96. The number of hydrogen-bond acceptors (Lipinski definition) is 5. The molecule has 0 aliphatic carbocycles. The molecule has 20 heavy (non-hydrogen) atoms. The molecule has 0 spiro atoms. The van der Waals surface area contributed by atoms with E-state index in [0.717, 1.165) is 36.6 Å². The van der Waals surface area contributed by atoms with E-state index in [2.05, 4.69) is 11.7 Å². The minimum Gasteiger partial charge on any atom is -0.463 e. The fourth-order valence-electron chi connectivity index (χ4n) is 2.20. The van der Waals surface area contributed by atoms with E-state index >= 15 is 0 Å². The highest BCUT2D eigenvalue weighted by Gasteiger charge is 2.28. The molecule has 7 heteroatoms. The van der Waals surface area contributed by atoms with E-state index in [1.807, 2.05) is 0 Å². The summed E-state index contributed by atoms with van der Waals surface area (Å²) < 4.78 is 29.7. The van der Waals surface area contributed by atoms with Crippen molar-refractivity contribution in [1.82, 2.24) is 9.78 Å². The average Bonchev–Trinajstić information content (AvgIpc) is 2.89. The lowest BCUT2D eigenvalue weighted by molar-refractivity contribution is -0.137. The zero-order valence-electron chi connectivity index (χ0n) is 11.2. The number of carbonyl (C=O) groups excluding carboxylic acids is 1. The Kier molecular flexibility index (Phi) is 4.59. The largest absolute Gasteiger partial charge is 0.463 e. The van der Waals surface area contributed by atoms with E-state index in [0.29, 0.717) is 13.2 Å². The summed E-state index contributed by atoms with van der Waals surface area (Å²) in [6.45, 7) is 4.40. The molecule has 6 nitrogen and oxygen atoms in total. The first kappa shape index (κ1) is 14.8. The number of aromatic nitrogens is 2. The third kappa shape index (κ3) is 3.69. The van der Waals surface area contributed by atoms with Gasteiger partial charge in [0.25, 0.3) is 0 Å². The molecule has 1 aliphatic rings. The van der Waals surface area contributed by atoms with Crippen LogP contribution in [0.25, 0.3) is 0 Å². The topological polar surface area (TPSA) is 78.3 Å². The second kappa shape index (κ2) is 6.21. The SMILES string of the molecule is C=CC(=O)OCCCCCn1ncc2c1CS(=O)(=O)C2. The number of rotatable bonds is 7. The van der Waals surface area contributed by atoms with Crippen LogP contribution in [0.4, 0.5) is 0 Å². The summed E-state index contributed by atoms with van der Waals surface area (Å²) in [5.41, 5.74) is 1.65. The average molecular weight is 298 g/mol. The van der Waals surface area contributed by atoms with E-state index in [-0.39, 0.29) is 11.5 Å². The van der Waals surface area contributed by atoms with Crippen LogP contribution < -0.4 is 0 Å². The molecular formula is C13H18N2O4S. The van der Waals surface area contributed by atoms with Crippen LogP contribution in [0.15, 0.2) is 18.9 Å². The normalized spacial score (nSPS) is 15.8. The van der Waals surface area contributed by atoms with Gasteiger partial charge in [-0.2, -0.15) is 5.10 Å². The molecule has 1 aromatic rings. The highest BCUT2D eigenvalue weighted by molar-refractivity contribution is 7.90. The van der Waals surface area contributed by atoms with Gasteiger partial charge in [-0.1, -0.05) is 6.58 Å². The lowest BCUT2D eigenvalue weighted by atomic mass is 10.2. The molecule has 0 amide bonds. The molecule has 0 bridgehead atoms. The number of nitrogens with zero attached hydrogens (tertiary/aromatic N) is 2. The summed E-state index contributed by atoms with van der Waals surface area (Å²) in [6, 6.07) is 0. The monoisotopic (exact) mass is 298 g/mol. The highest BCUT2D eigenvalue weighted by atomic mass is 32.2. The molecule has 1 aliphatic heterocycles. The van der Waals surface area contributed by atoms with Crippen molar-refractivity contribution >= 4 is 15.8 Å². The minimum absolute atomic E-state index is 0.0965. The molecule has 1 aromatic heterocycles. The summed E-state index contributed by atoms with van der Waals surface area (Å²) in [4.78, 5) is 10.8. The van der Waals surface area contributed by atoms with Crippen molar-refractivity contribution in [2.45, 2.75) is 37.3 Å². The van der Waals surface area contributed by atoms with E-state index in [4.69, 9.17) is 4.74 Å². The van der Waals surface area contributed by atoms with Crippen LogP contribution >= 0.6 is 0 Å². The predicted molar refractivity (Wildman–Crippen MR) is 73.6 cm³/mol. The Balaban J connectivity index is 1.71. The van der Waals surface area contributed by atoms with Crippen LogP contribution in [0, 0.1) is 0 Å². The molecule has 2 rings (SSSR count). The van der Waals surface area contributed by atoms with Crippen molar-refractivity contribution < 1.29 is 17.9 Å². The van der Waals surface area contributed by atoms with Crippen LogP contribution in [-0.4, -0.2) is 30.8 Å². The third-order valence-electron chi connectivity index (χ3n) is 3.19. The molecule has 0 N–H and O–H groups in total. The van der Waals surface area contributed by atoms with Gasteiger partial charge in [-0.25, -0.2) is 13.2 Å². The van der Waals surface area contributed by atoms with E-state index in [9.17, 15) is 13.2 Å². The lowest BCUT2D eigenvalue weighted by Gasteiger charge is -2.05. The van der Waals surface area contributed by atoms with E-state index < -0.39 is 15.8 Å². The van der Waals surface area contributed by atoms with Crippen molar-refractivity contribution in [1.29, 1.82) is 0 Å². The number of sulfone groups is 1. The van der Waals surface area contributed by atoms with Gasteiger partial charge in [0.2, 0.25) is 0 Å². The molecule has 110 valence electrons. The first-order chi connectivity index (χ1) is 9.52. The Morgan fingerprint density at radius 3 is 2.95 bits per heavy atom. The fraction of sp³-hybridized carbons (Fsp3) is 0.538. The van der Waals surface area contributed by atoms with Gasteiger partial charge >= 0.3 is 5.97 Å². The molecule has 0 aromatic carbocycles. The number of esters is 1. The molecular weight excluding hydrogens is 280 g/mol. The molecule has 0 saturated carbocycles. The van der Waals surface area contributed by atoms with Gasteiger partial charge in [-0.05, 0) is 19.3 Å². The van der Waals surface area contributed by atoms with Crippen molar-refractivity contribution in [2.75, 3.05) is 6.61 Å². The third-order valence-corrected chi connectivity index (χ3v) is 4.66. The Bertz CT molecular complexity index is 604. The summed E-state index contributed by atoms with van der Waals surface area (Å²) >= 11 is 0. The predicted octanol–water partition coefficient (Wildman–Crippen LogP) is 1.21.